The van der Waals surface area contributed by atoms with Crippen LogP contribution in [0.1, 0.15) is 39.2 Å². The van der Waals surface area contributed by atoms with Gasteiger partial charge in [-0.05, 0) is 43.9 Å². The van der Waals surface area contributed by atoms with E-state index in [-0.39, 0.29) is 0 Å². The highest BCUT2D eigenvalue weighted by Crippen LogP contribution is 2.24. The molecule has 0 amide bonds. The Morgan fingerprint density at radius 1 is 1.16 bits per heavy atom. The van der Waals surface area contributed by atoms with Crippen LogP contribution in [0.3, 0.4) is 0 Å². The summed E-state index contributed by atoms with van der Waals surface area (Å²) in [6.07, 6.45) is 2.40. The molecule has 0 heterocycles. The topological polar surface area (TPSA) is 15.3 Å². The third-order valence-corrected chi connectivity index (χ3v) is 3.93. The van der Waals surface area contributed by atoms with Crippen LogP contribution in [-0.2, 0) is 0 Å². The van der Waals surface area contributed by atoms with E-state index in [9.17, 15) is 0 Å². The Labute approximate surface area is 119 Å². The Morgan fingerprint density at radius 3 is 2.32 bits per heavy atom. The lowest BCUT2D eigenvalue weighted by atomic mass is 9.86. The minimum Gasteiger partial charge on any atom is -0.374 e. The molecular formula is C17H30N2. The minimum absolute atomic E-state index is 0.328. The Balaban J connectivity index is 2.61. The summed E-state index contributed by atoms with van der Waals surface area (Å²) < 4.78 is 0. The van der Waals surface area contributed by atoms with Crippen molar-refractivity contribution in [3.8, 4) is 0 Å². The van der Waals surface area contributed by atoms with Gasteiger partial charge in [0.1, 0.15) is 0 Å². The van der Waals surface area contributed by atoms with E-state index in [1.165, 1.54) is 24.1 Å². The van der Waals surface area contributed by atoms with Gasteiger partial charge >= 0.3 is 0 Å². The monoisotopic (exact) mass is 262 g/mol. The molecule has 1 unspecified atom stereocenters. The van der Waals surface area contributed by atoms with Gasteiger partial charge in [0.05, 0.1) is 0 Å². The van der Waals surface area contributed by atoms with E-state index in [1.54, 1.807) is 0 Å². The van der Waals surface area contributed by atoms with Crippen LogP contribution in [0.25, 0.3) is 0 Å². The molecule has 1 aromatic rings. The third kappa shape index (κ3) is 5.23. The van der Waals surface area contributed by atoms with Crippen LogP contribution in [-0.4, -0.2) is 26.7 Å². The predicted molar refractivity (Wildman–Crippen MR) is 86.0 cm³/mol. The molecule has 0 aliphatic rings. The zero-order valence-corrected chi connectivity index (χ0v) is 13.3. The molecule has 108 valence electrons. The molecule has 0 saturated heterocycles. The molecule has 0 radical (unpaired) electrons. The fourth-order valence-electron chi connectivity index (χ4n) is 2.32. The number of anilines is 1. The van der Waals surface area contributed by atoms with Crippen LogP contribution < -0.4 is 10.2 Å². The molecule has 1 aromatic carbocycles. The maximum atomic E-state index is 3.57. The predicted octanol–water partition coefficient (Wildman–Crippen LogP) is 3.85. The first-order valence-electron chi connectivity index (χ1n) is 7.49. The van der Waals surface area contributed by atoms with E-state index >= 15 is 0 Å². The highest BCUT2D eigenvalue weighted by atomic mass is 15.1. The summed E-state index contributed by atoms with van der Waals surface area (Å²) in [5.41, 5.74) is 2.95. The van der Waals surface area contributed by atoms with Crippen LogP contribution in [0.2, 0.25) is 0 Å². The third-order valence-electron chi connectivity index (χ3n) is 3.93. The first-order chi connectivity index (χ1) is 9.00. The van der Waals surface area contributed by atoms with E-state index in [0.29, 0.717) is 5.41 Å². The van der Waals surface area contributed by atoms with Crippen molar-refractivity contribution in [2.75, 3.05) is 31.6 Å². The molecule has 0 fully saturated rings. The normalized spacial score (nSPS) is 14.2. The SMILES string of the molecule is CCCNCC(C)(CC)CN(C)c1ccc(C)cc1. The van der Waals surface area contributed by atoms with Gasteiger partial charge in [-0.15, -0.1) is 0 Å². The second-order valence-corrected chi connectivity index (χ2v) is 6.03. The minimum atomic E-state index is 0.328. The van der Waals surface area contributed by atoms with Gasteiger partial charge in [-0.25, -0.2) is 0 Å². The smallest absolute Gasteiger partial charge is 0.0363 e. The largest absolute Gasteiger partial charge is 0.374 e. The molecule has 19 heavy (non-hydrogen) atoms. The number of benzene rings is 1. The quantitative estimate of drug-likeness (QED) is 0.716. The fourth-order valence-corrected chi connectivity index (χ4v) is 2.32. The molecule has 1 atom stereocenters. The lowest BCUT2D eigenvalue weighted by molar-refractivity contribution is 0.300. The Kier molecular flexibility index (Phi) is 6.36. The second-order valence-electron chi connectivity index (χ2n) is 6.03. The van der Waals surface area contributed by atoms with Crippen LogP contribution in [0.5, 0.6) is 0 Å². The van der Waals surface area contributed by atoms with Crippen molar-refractivity contribution in [2.45, 2.75) is 40.5 Å². The zero-order chi connectivity index (χ0) is 14.3. The number of hydrogen-bond acceptors (Lipinski definition) is 2. The van der Waals surface area contributed by atoms with E-state index in [1.807, 2.05) is 0 Å². The number of nitrogens with one attached hydrogen (secondary N) is 1. The van der Waals surface area contributed by atoms with Crippen molar-refractivity contribution in [3.63, 3.8) is 0 Å². The number of aryl methyl sites for hydroxylation is 1. The van der Waals surface area contributed by atoms with Crippen LogP contribution in [0, 0.1) is 12.3 Å². The summed E-state index contributed by atoms with van der Waals surface area (Å²) in [7, 11) is 2.19. The highest BCUT2D eigenvalue weighted by Gasteiger charge is 2.23. The highest BCUT2D eigenvalue weighted by molar-refractivity contribution is 5.46. The van der Waals surface area contributed by atoms with Gasteiger partial charge < -0.3 is 10.2 Å². The van der Waals surface area contributed by atoms with E-state index in [4.69, 9.17) is 0 Å². The Hall–Kier alpha value is -1.02. The molecule has 2 nitrogen and oxygen atoms in total. The Bertz CT molecular complexity index is 358. The Morgan fingerprint density at radius 2 is 1.79 bits per heavy atom. The molecule has 1 rings (SSSR count). The molecule has 0 aliphatic carbocycles. The molecule has 0 aromatic heterocycles. The first-order valence-corrected chi connectivity index (χ1v) is 7.49. The maximum absolute atomic E-state index is 3.57. The molecule has 0 saturated carbocycles. The molecule has 0 aliphatic heterocycles. The zero-order valence-electron chi connectivity index (χ0n) is 13.3. The van der Waals surface area contributed by atoms with Gasteiger partial charge in [0.25, 0.3) is 0 Å². The molecule has 0 spiro atoms. The summed E-state index contributed by atoms with van der Waals surface area (Å²) in [4.78, 5) is 2.37. The van der Waals surface area contributed by atoms with E-state index < -0.39 is 0 Å². The van der Waals surface area contributed by atoms with Gasteiger partial charge in [0.2, 0.25) is 0 Å². The number of nitrogens with zero attached hydrogens (tertiary/aromatic N) is 1. The maximum Gasteiger partial charge on any atom is 0.0363 e. The fraction of sp³-hybridized carbons (Fsp3) is 0.647. The summed E-state index contributed by atoms with van der Waals surface area (Å²) in [6.45, 7) is 12.3. The van der Waals surface area contributed by atoms with Gasteiger partial charge in [-0.3, -0.25) is 0 Å². The summed E-state index contributed by atoms with van der Waals surface area (Å²) in [5, 5.41) is 3.57. The average Bonchev–Trinajstić information content (AvgIpc) is 2.39. The number of hydrogen-bond donors (Lipinski definition) is 1. The van der Waals surface area contributed by atoms with E-state index in [0.717, 1.165) is 19.6 Å². The van der Waals surface area contributed by atoms with E-state index in [2.05, 4.69) is 69.2 Å². The van der Waals surface area contributed by atoms with Crippen molar-refractivity contribution in [2.24, 2.45) is 5.41 Å². The average molecular weight is 262 g/mol. The summed E-state index contributed by atoms with van der Waals surface area (Å²) >= 11 is 0. The molecular weight excluding hydrogens is 232 g/mol. The lowest BCUT2D eigenvalue weighted by Crippen LogP contribution is -2.41. The van der Waals surface area contributed by atoms with Gasteiger partial charge in [0, 0.05) is 25.8 Å². The van der Waals surface area contributed by atoms with Crippen molar-refractivity contribution < 1.29 is 0 Å². The van der Waals surface area contributed by atoms with Crippen molar-refractivity contribution >= 4 is 5.69 Å². The van der Waals surface area contributed by atoms with Crippen LogP contribution >= 0.6 is 0 Å². The molecule has 1 N–H and O–H groups in total. The molecule has 2 heteroatoms. The summed E-state index contributed by atoms with van der Waals surface area (Å²) in [6, 6.07) is 8.80. The number of rotatable bonds is 8. The standard InChI is InChI=1S/C17H30N2/c1-6-12-18-13-17(4,7-2)14-19(5)16-10-8-15(3)9-11-16/h8-11,18H,6-7,12-14H2,1-5H3. The summed E-state index contributed by atoms with van der Waals surface area (Å²) in [5.74, 6) is 0. The van der Waals surface area contributed by atoms with Gasteiger partial charge in [0.15, 0.2) is 0 Å². The lowest BCUT2D eigenvalue weighted by Gasteiger charge is -2.34. The second kappa shape index (κ2) is 7.54. The molecule has 0 bridgehead atoms. The van der Waals surface area contributed by atoms with Crippen LogP contribution in [0.4, 0.5) is 5.69 Å². The van der Waals surface area contributed by atoms with Crippen LogP contribution in [0.15, 0.2) is 24.3 Å². The van der Waals surface area contributed by atoms with Gasteiger partial charge in [-0.1, -0.05) is 38.5 Å². The van der Waals surface area contributed by atoms with Gasteiger partial charge in [-0.2, -0.15) is 0 Å². The van der Waals surface area contributed by atoms with Crippen molar-refractivity contribution in [3.05, 3.63) is 29.8 Å². The van der Waals surface area contributed by atoms with Crippen molar-refractivity contribution in [1.82, 2.24) is 5.32 Å². The first kappa shape index (κ1) is 16.0. The van der Waals surface area contributed by atoms with Crippen molar-refractivity contribution in [1.29, 1.82) is 0 Å².